The Kier molecular flexibility index (Phi) is 5.30. The molecule has 5 nitrogen and oxygen atoms in total. The molecule has 1 aromatic carbocycles. The maximum atomic E-state index is 12.1. The quantitative estimate of drug-likeness (QED) is 0.718. The highest BCUT2D eigenvalue weighted by Crippen LogP contribution is 2.19. The van der Waals surface area contributed by atoms with Gasteiger partial charge in [-0.05, 0) is 24.6 Å². The number of halogens is 1. The van der Waals surface area contributed by atoms with Crippen molar-refractivity contribution < 1.29 is 18.6 Å². The Morgan fingerprint density at radius 3 is 2.39 bits per heavy atom. The van der Waals surface area contributed by atoms with Crippen molar-refractivity contribution in [3.8, 4) is 0 Å². The zero-order valence-corrected chi connectivity index (χ0v) is 12.3. The number of aliphatic hydroxyl groups is 2. The zero-order valence-electron chi connectivity index (χ0n) is 9.93. The summed E-state index contributed by atoms with van der Waals surface area (Å²) in [6, 6.07) is 6.22. The molecule has 0 spiro atoms. The lowest BCUT2D eigenvalue weighted by molar-refractivity contribution is 0.105. The molecule has 1 aromatic rings. The summed E-state index contributed by atoms with van der Waals surface area (Å²) >= 11 is 3.19. The standard InChI is InChI=1S/C11H16BrNO4S/c1-2-11(7-14,8-15)13-18(16,17)10-5-3-4-9(12)6-10/h3-6,13-15H,2,7-8H2,1H3. The lowest BCUT2D eigenvalue weighted by atomic mass is 10.0. The third kappa shape index (κ3) is 3.52. The van der Waals surface area contributed by atoms with E-state index in [9.17, 15) is 18.6 Å². The van der Waals surface area contributed by atoms with Gasteiger partial charge in [0.1, 0.15) is 0 Å². The molecule has 0 bridgehead atoms. The minimum atomic E-state index is -3.78. The van der Waals surface area contributed by atoms with E-state index in [1.807, 2.05) is 0 Å². The van der Waals surface area contributed by atoms with Crippen molar-refractivity contribution in [1.29, 1.82) is 0 Å². The van der Waals surface area contributed by atoms with Crippen molar-refractivity contribution in [2.75, 3.05) is 13.2 Å². The van der Waals surface area contributed by atoms with Crippen molar-refractivity contribution in [1.82, 2.24) is 4.72 Å². The molecule has 18 heavy (non-hydrogen) atoms. The Balaban J connectivity index is 3.08. The van der Waals surface area contributed by atoms with Crippen molar-refractivity contribution in [2.24, 2.45) is 0 Å². The van der Waals surface area contributed by atoms with Gasteiger partial charge in [-0.1, -0.05) is 28.9 Å². The fraction of sp³-hybridized carbons (Fsp3) is 0.455. The molecule has 0 aliphatic rings. The average molecular weight is 338 g/mol. The summed E-state index contributed by atoms with van der Waals surface area (Å²) < 4.78 is 27.2. The highest BCUT2D eigenvalue weighted by Gasteiger charge is 2.32. The number of nitrogens with one attached hydrogen (secondary N) is 1. The van der Waals surface area contributed by atoms with Crippen LogP contribution in [-0.4, -0.2) is 37.4 Å². The van der Waals surface area contributed by atoms with Gasteiger partial charge in [-0.15, -0.1) is 0 Å². The van der Waals surface area contributed by atoms with E-state index < -0.39 is 28.8 Å². The molecule has 0 atom stereocenters. The number of sulfonamides is 1. The molecule has 3 N–H and O–H groups in total. The molecule has 0 saturated heterocycles. The Morgan fingerprint density at radius 1 is 1.33 bits per heavy atom. The third-order valence-electron chi connectivity index (χ3n) is 2.74. The van der Waals surface area contributed by atoms with E-state index in [1.165, 1.54) is 12.1 Å². The highest BCUT2D eigenvalue weighted by atomic mass is 79.9. The lowest BCUT2D eigenvalue weighted by Crippen LogP contribution is -2.53. The zero-order chi connectivity index (χ0) is 13.8. The average Bonchev–Trinajstić information content (AvgIpc) is 2.36. The van der Waals surface area contributed by atoms with Crippen LogP contribution in [0.25, 0.3) is 0 Å². The van der Waals surface area contributed by atoms with Crippen molar-refractivity contribution in [3.63, 3.8) is 0 Å². The van der Waals surface area contributed by atoms with Crippen LogP contribution in [0.15, 0.2) is 33.6 Å². The fourth-order valence-corrected chi connectivity index (χ4v) is 3.44. The molecule has 0 aliphatic heterocycles. The molecule has 102 valence electrons. The first-order valence-electron chi connectivity index (χ1n) is 5.40. The van der Waals surface area contributed by atoms with Gasteiger partial charge in [0, 0.05) is 4.47 Å². The van der Waals surface area contributed by atoms with E-state index in [-0.39, 0.29) is 11.3 Å². The van der Waals surface area contributed by atoms with Crippen LogP contribution in [0, 0.1) is 0 Å². The molecular formula is C11H16BrNO4S. The van der Waals surface area contributed by atoms with E-state index >= 15 is 0 Å². The van der Waals surface area contributed by atoms with Crippen LogP contribution < -0.4 is 4.72 Å². The van der Waals surface area contributed by atoms with Crippen molar-refractivity contribution in [3.05, 3.63) is 28.7 Å². The Bertz CT molecular complexity index is 491. The summed E-state index contributed by atoms with van der Waals surface area (Å²) in [7, 11) is -3.78. The monoisotopic (exact) mass is 337 g/mol. The van der Waals surface area contributed by atoms with Crippen LogP contribution in [0.2, 0.25) is 0 Å². The van der Waals surface area contributed by atoms with Gasteiger partial charge in [0.2, 0.25) is 10.0 Å². The molecule has 0 unspecified atom stereocenters. The number of rotatable bonds is 6. The molecule has 0 fully saturated rings. The summed E-state index contributed by atoms with van der Waals surface area (Å²) in [5, 5.41) is 18.5. The predicted molar refractivity (Wildman–Crippen MR) is 71.7 cm³/mol. The third-order valence-corrected chi connectivity index (χ3v) is 4.81. The van der Waals surface area contributed by atoms with Gasteiger partial charge >= 0.3 is 0 Å². The van der Waals surface area contributed by atoms with Gasteiger partial charge < -0.3 is 10.2 Å². The van der Waals surface area contributed by atoms with E-state index in [4.69, 9.17) is 0 Å². The molecule has 0 aromatic heterocycles. The Labute approximate surface area is 115 Å². The molecule has 0 saturated carbocycles. The minimum absolute atomic E-state index is 0.0802. The topological polar surface area (TPSA) is 86.6 Å². The normalized spacial score (nSPS) is 12.7. The van der Waals surface area contributed by atoms with Gasteiger partial charge in [0.25, 0.3) is 0 Å². The second-order valence-corrected chi connectivity index (χ2v) is 6.61. The first kappa shape index (κ1) is 15.6. The first-order valence-corrected chi connectivity index (χ1v) is 7.68. The maximum absolute atomic E-state index is 12.1. The van der Waals surface area contributed by atoms with Crippen LogP contribution in [0.5, 0.6) is 0 Å². The molecule has 0 heterocycles. The molecule has 0 amide bonds. The van der Waals surface area contributed by atoms with Gasteiger partial charge in [-0.2, -0.15) is 0 Å². The first-order chi connectivity index (χ1) is 8.39. The van der Waals surface area contributed by atoms with Crippen LogP contribution in [0.1, 0.15) is 13.3 Å². The summed E-state index contributed by atoms with van der Waals surface area (Å²) in [5.41, 5.74) is -1.23. The van der Waals surface area contributed by atoms with Crippen LogP contribution in [0.4, 0.5) is 0 Å². The molecule has 0 aliphatic carbocycles. The van der Waals surface area contributed by atoms with Gasteiger partial charge in [-0.25, -0.2) is 13.1 Å². The molecular weight excluding hydrogens is 322 g/mol. The second-order valence-electron chi connectivity index (χ2n) is 4.01. The van der Waals surface area contributed by atoms with Crippen LogP contribution >= 0.6 is 15.9 Å². The van der Waals surface area contributed by atoms with E-state index in [0.717, 1.165) is 0 Å². The fourth-order valence-electron chi connectivity index (χ4n) is 1.39. The summed E-state index contributed by atoms with van der Waals surface area (Å²) in [6.07, 6.45) is 0.285. The summed E-state index contributed by atoms with van der Waals surface area (Å²) in [6.45, 7) is 0.760. The second kappa shape index (κ2) is 6.12. The van der Waals surface area contributed by atoms with E-state index in [0.29, 0.717) is 4.47 Å². The molecule has 7 heteroatoms. The maximum Gasteiger partial charge on any atom is 0.241 e. The van der Waals surface area contributed by atoms with Crippen LogP contribution in [-0.2, 0) is 10.0 Å². The molecule has 1 rings (SSSR count). The highest BCUT2D eigenvalue weighted by molar-refractivity contribution is 9.10. The Hall–Kier alpha value is -0.470. The largest absolute Gasteiger partial charge is 0.394 e. The summed E-state index contributed by atoms with van der Waals surface area (Å²) in [5.74, 6) is 0. The number of hydrogen-bond donors (Lipinski definition) is 3. The minimum Gasteiger partial charge on any atom is -0.394 e. The van der Waals surface area contributed by atoms with Gasteiger partial charge in [0.15, 0.2) is 0 Å². The van der Waals surface area contributed by atoms with Crippen molar-refractivity contribution in [2.45, 2.75) is 23.8 Å². The number of benzene rings is 1. The Morgan fingerprint density at radius 2 is 1.94 bits per heavy atom. The van der Waals surface area contributed by atoms with Gasteiger partial charge in [0.05, 0.1) is 23.6 Å². The smallest absolute Gasteiger partial charge is 0.241 e. The van der Waals surface area contributed by atoms with E-state index in [1.54, 1.807) is 19.1 Å². The van der Waals surface area contributed by atoms with E-state index in [2.05, 4.69) is 20.7 Å². The lowest BCUT2D eigenvalue weighted by Gasteiger charge is -2.29. The molecule has 0 radical (unpaired) electrons. The number of hydrogen-bond acceptors (Lipinski definition) is 4. The SMILES string of the molecule is CCC(CO)(CO)NS(=O)(=O)c1cccc(Br)c1. The summed E-state index contributed by atoms with van der Waals surface area (Å²) in [4.78, 5) is 0.0802. The van der Waals surface area contributed by atoms with Crippen LogP contribution in [0.3, 0.4) is 0 Å². The predicted octanol–water partition coefficient (Wildman–Crippen LogP) is 0.861. The van der Waals surface area contributed by atoms with Crippen molar-refractivity contribution >= 4 is 26.0 Å². The number of aliphatic hydroxyl groups excluding tert-OH is 2. The van der Waals surface area contributed by atoms with Gasteiger partial charge in [-0.3, -0.25) is 0 Å².